The van der Waals surface area contributed by atoms with Gasteiger partial charge in [0.15, 0.2) is 11.2 Å². The molecule has 1 amide bonds. The molecule has 12 nitrogen and oxygen atoms in total. The Balaban J connectivity index is 1.69. The SMILES string of the molecule is CC#CCn1c(N2CCC[C@@H](NC(=O)OC(C)(C)C)C2)nc2c1c(=O)n(Cc1ccccc1C#N)c(=O)n2Cc1ccccc1C#N. The second-order valence-electron chi connectivity index (χ2n) is 12.3. The van der Waals surface area contributed by atoms with Crippen molar-refractivity contribution in [3.8, 4) is 24.0 Å². The van der Waals surface area contributed by atoms with Gasteiger partial charge in [0, 0.05) is 19.1 Å². The predicted molar refractivity (Wildman–Crippen MR) is 177 cm³/mol. The van der Waals surface area contributed by atoms with Crippen molar-refractivity contribution in [2.24, 2.45) is 0 Å². The summed E-state index contributed by atoms with van der Waals surface area (Å²) >= 11 is 0. The summed E-state index contributed by atoms with van der Waals surface area (Å²) in [5.41, 5.74) is 0.345. The molecular weight excluding hydrogens is 596 g/mol. The lowest BCUT2D eigenvalue weighted by molar-refractivity contribution is 0.0499. The van der Waals surface area contributed by atoms with Crippen molar-refractivity contribution in [1.82, 2.24) is 24.0 Å². The smallest absolute Gasteiger partial charge is 0.407 e. The molecular formula is C35H36N8O4. The first-order valence-electron chi connectivity index (χ1n) is 15.4. The number of amides is 1. The topological polar surface area (TPSA) is 151 Å². The molecule has 3 heterocycles. The van der Waals surface area contributed by atoms with Crippen molar-refractivity contribution in [3.63, 3.8) is 0 Å². The van der Waals surface area contributed by atoms with Crippen LogP contribution in [0.25, 0.3) is 11.2 Å². The Morgan fingerprint density at radius 3 is 2.19 bits per heavy atom. The highest BCUT2D eigenvalue weighted by molar-refractivity contribution is 5.75. The molecule has 1 fully saturated rings. The molecule has 2 aromatic heterocycles. The number of nitrogens with zero attached hydrogens (tertiary/aromatic N) is 7. The van der Waals surface area contributed by atoms with Gasteiger partial charge in [-0.05, 0) is 63.8 Å². The van der Waals surface area contributed by atoms with Gasteiger partial charge in [0.05, 0.1) is 42.9 Å². The van der Waals surface area contributed by atoms with Crippen LogP contribution in [0.5, 0.6) is 0 Å². The van der Waals surface area contributed by atoms with Crippen LogP contribution in [-0.4, -0.2) is 49.5 Å². The Kier molecular flexibility index (Phi) is 9.48. The number of nitriles is 2. The summed E-state index contributed by atoms with van der Waals surface area (Å²) in [4.78, 5) is 48.0. The standard InChI is InChI=1S/C35H36N8O4/c1-5-6-18-41-29-30(39-32(41)40-17-11-16-28(23-40)38-33(45)47-35(2,3)4)42(21-26-14-9-7-12-24(26)19-36)34(46)43(31(29)44)22-27-15-10-8-13-25(27)20-37/h7-10,12-15,28H,11,16-18,21-23H2,1-4H3,(H,38,45)/t28-/m1/s1. The van der Waals surface area contributed by atoms with E-state index in [0.717, 1.165) is 17.4 Å². The van der Waals surface area contributed by atoms with E-state index in [0.29, 0.717) is 41.3 Å². The Morgan fingerprint density at radius 1 is 0.979 bits per heavy atom. The van der Waals surface area contributed by atoms with Crippen molar-refractivity contribution in [1.29, 1.82) is 10.5 Å². The zero-order chi connectivity index (χ0) is 33.7. The van der Waals surface area contributed by atoms with Gasteiger partial charge < -0.3 is 15.0 Å². The van der Waals surface area contributed by atoms with E-state index in [1.54, 1.807) is 80.8 Å². The molecule has 0 unspecified atom stereocenters. The second-order valence-corrected chi connectivity index (χ2v) is 12.3. The van der Waals surface area contributed by atoms with Gasteiger partial charge in [0.25, 0.3) is 5.56 Å². The van der Waals surface area contributed by atoms with Gasteiger partial charge in [-0.2, -0.15) is 15.5 Å². The Hall–Kier alpha value is -5.80. The molecule has 0 saturated carbocycles. The van der Waals surface area contributed by atoms with Gasteiger partial charge in [-0.1, -0.05) is 42.3 Å². The number of carbonyl (C=O) groups is 1. The van der Waals surface area contributed by atoms with Crippen LogP contribution in [0.1, 0.15) is 62.8 Å². The third-order valence-electron chi connectivity index (χ3n) is 7.87. The van der Waals surface area contributed by atoms with Gasteiger partial charge in [-0.15, -0.1) is 5.92 Å². The highest BCUT2D eigenvalue weighted by atomic mass is 16.6. The number of nitrogens with one attached hydrogen (secondary N) is 1. The fourth-order valence-corrected chi connectivity index (χ4v) is 5.74. The average Bonchev–Trinajstić information content (AvgIpc) is 3.43. The molecule has 0 bridgehead atoms. The number of carbonyl (C=O) groups excluding carboxylic acids is 1. The third-order valence-corrected chi connectivity index (χ3v) is 7.87. The summed E-state index contributed by atoms with van der Waals surface area (Å²) in [5, 5.41) is 22.5. The molecule has 4 aromatic rings. The minimum absolute atomic E-state index is 0.0159. The lowest BCUT2D eigenvalue weighted by atomic mass is 10.1. The lowest BCUT2D eigenvalue weighted by Gasteiger charge is -2.34. The normalized spacial score (nSPS) is 14.5. The maximum Gasteiger partial charge on any atom is 0.407 e. The zero-order valence-electron chi connectivity index (χ0n) is 26.9. The quantitative estimate of drug-likeness (QED) is 0.303. The summed E-state index contributed by atoms with van der Waals surface area (Å²) in [7, 11) is 0. The summed E-state index contributed by atoms with van der Waals surface area (Å²) in [6.45, 7) is 8.08. The molecule has 0 aliphatic carbocycles. The van der Waals surface area contributed by atoms with E-state index in [4.69, 9.17) is 9.72 Å². The monoisotopic (exact) mass is 632 g/mol. The first-order chi connectivity index (χ1) is 22.5. The number of hydrogen-bond acceptors (Lipinski definition) is 8. The molecule has 240 valence electrons. The van der Waals surface area contributed by atoms with Crippen LogP contribution in [0.15, 0.2) is 58.1 Å². The van der Waals surface area contributed by atoms with Crippen LogP contribution in [0.2, 0.25) is 0 Å². The molecule has 1 aliphatic heterocycles. The van der Waals surface area contributed by atoms with Crippen LogP contribution >= 0.6 is 0 Å². The number of hydrogen-bond donors (Lipinski definition) is 1. The molecule has 2 aromatic carbocycles. The van der Waals surface area contributed by atoms with Crippen molar-refractivity contribution in [2.45, 2.75) is 71.8 Å². The molecule has 1 N–H and O–H groups in total. The number of anilines is 1. The third kappa shape index (κ3) is 7.05. The van der Waals surface area contributed by atoms with E-state index in [1.165, 1.54) is 4.57 Å². The summed E-state index contributed by atoms with van der Waals surface area (Å²) in [6, 6.07) is 17.8. The van der Waals surface area contributed by atoms with E-state index >= 15 is 0 Å². The number of piperidine rings is 1. The number of rotatable bonds is 7. The van der Waals surface area contributed by atoms with Gasteiger partial charge in [-0.3, -0.25) is 18.5 Å². The molecule has 5 rings (SSSR count). The zero-order valence-corrected chi connectivity index (χ0v) is 26.9. The highest BCUT2D eigenvalue weighted by Crippen LogP contribution is 2.25. The fraction of sp³-hybridized carbons (Fsp3) is 0.371. The number of aromatic nitrogens is 4. The number of benzene rings is 2. The summed E-state index contributed by atoms with van der Waals surface area (Å²) < 4.78 is 9.70. The molecule has 0 radical (unpaired) electrons. The van der Waals surface area contributed by atoms with E-state index in [2.05, 4.69) is 29.3 Å². The first-order valence-corrected chi connectivity index (χ1v) is 15.4. The number of fused-ring (bicyclic) bond motifs is 1. The molecule has 0 spiro atoms. The van der Waals surface area contributed by atoms with Crippen LogP contribution < -0.4 is 21.5 Å². The highest BCUT2D eigenvalue weighted by Gasteiger charge is 2.30. The largest absolute Gasteiger partial charge is 0.444 e. The second kappa shape index (κ2) is 13.7. The maximum atomic E-state index is 14.3. The summed E-state index contributed by atoms with van der Waals surface area (Å²) in [5.74, 6) is 6.37. The molecule has 12 heteroatoms. The minimum atomic E-state index is -0.646. The Bertz CT molecular complexity index is 2090. The minimum Gasteiger partial charge on any atom is -0.444 e. The van der Waals surface area contributed by atoms with E-state index in [1.807, 2.05) is 4.90 Å². The fourth-order valence-electron chi connectivity index (χ4n) is 5.74. The lowest BCUT2D eigenvalue weighted by Crippen LogP contribution is -2.49. The van der Waals surface area contributed by atoms with Crippen molar-refractivity contribution >= 4 is 23.2 Å². The molecule has 1 saturated heterocycles. The van der Waals surface area contributed by atoms with Crippen LogP contribution in [0.4, 0.5) is 10.7 Å². The molecule has 1 aliphatic rings. The Morgan fingerprint density at radius 2 is 1.60 bits per heavy atom. The van der Waals surface area contributed by atoms with E-state index < -0.39 is 22.9 Å². The molecule has 1 atom stereocenters. The van der Waals surface area contributed by atoms with Crippen molar-refractivity contribution in [3.05, 3.63) is 91.6 Å². The van der Waals surface area contributed by atoms with E-state index in [9.17, 15) is 24.9 Å². The Labute approximate surface area is 272 Å². The van der Waals surface area contributed by atoms with Crippen molar-refractivity contribution in [2.75, 3.05) is 18.0 Å². The average molecular weight is 633 g/mol. The molecule has 47 heavy (non-hydrogen) atoms. The van der Waals surface area contributed by atoms with Crippen LogP contribution in [-0.2, 0) is 24.4 Å². The predicted octanol–water partition coefficient (Wildman–Crippen LogP) is 3.72. The number of ether oxygens (including phenoxy) is 1. The van der Waals surface area contributed by atoms with Gasteiger partial charge in [0.1, 0.15) is 5.60 Å². The van der Waals surface area contributed by atoms with E-state index in [-0.39, 0.29) is 36.8 Å². The van der Waals surface area contributed by atoms with Gasteiger partial charge >= 0.3 is 11.8 Å². The van der Waals surface area contributed by atoms with Gasteiger partial charge in [0.2, 0.25) is 5.95 Å². The number of imidazole rings is 1. The first kappa shape index (κ1) is 32.6. The van der Waals surface area contributed by atoms with Crippen LogP contribution in [0.3, 0.4) is 0 Å². The van der Waals surface area contributed by atoms with Crippen LogP contribution in [0, 0.1) is 34.5 Å². The van der Waals surface area contributed by atoms with Gasteiger partial charge in [-0.25, -0.2) is 9.59 Å². The van der Waals surface area contributed by atoms with Crippen molar-refractivity contribution < 1.29 is 9.53 Å². The number of alkyl carbamates (subject to hydrolysis) is 1. The maximum absolute atomic E-state index is 14.3. The summed E-state index contributed by atoms with van der Waals surface area (Å²) in [6.07, 6.45) is 0.951.